The first-order valence-corrected chi connectivity index (χ1v) is 8.09. The molecule has 1 heterocycles. The molecule has 2 rings (SSSR count). The van der Waals surface area contributed by atoms with Crippen LogP contribution in [-0.2, 0) is 4.74 Å². The Morgan fingerprint density at radius 2 is 2.06 bits per heavy atom. The highest BCUT2D eigenvalue weighted by Crippen LogP contribution is 2.41. The second kappa shape index (κ2) is 6.91. The number of rotatable bonds is 5. The molecule has 0 aromatic heterocycles. The highest BCUT2D eigenvalue weighted by molar-refractivity contribution is 4.89. The van der Waals surface area contributed by atoms with Gasteiger partial charge in [-0.3, -0.25) is 0 Å². The largest absolute Gasteiger partial charge is 0.375 e. The molecule has 1 saturated carbocycles. The monoisotopic (exact) mass is 253 g/mol. The van der Waals surface area contributed by atoms with Crippen LogP contribution in [0.1, 0.15) is 71.1 Å². The van der Waals surface area contributed by atoms with Crippen LogP contribution >= 0.6 is 0 Å². The van der Waals surface area contributed by atoms with Gasteiger partial charge in [0.1, 0.15) is 0 Å². The SMILES string of the molecule is CCC(CCC1CCOC2(CCCCC2)C1)NC. The molecule has 1 saturated heterocycles. The Morgan fingerprint density at radius 1 is 1.28 bits per heavy atom. The highest BCUT2D eigenvalue weighted by atomic mass is 16.5. The van der Waals surface area contributed by atoms with Crippen molar-refractivity contribution in [2.75, 3.05) is 13.7 Å². The molecule has 0 aromatic carbocycles. The molecule has 2 aliphatic rings. The lowest BCUT2D eigenvalue weighted by Crippen LogP contribution is -2.41. The smallest absolute Gasteiger partial charge is 0.0685 e. The van der Waals surface area contributed by atoms with Crippen LogP contribution in [0.5, 0.6) is 0 Å². The predicted molar refractivity (Wildman–Crippen MR) is 76.9 cm³/mol. The van der Waals surface area contributed by atoms with Crippen molar-refractivity contribution in [1.82, 2.24) is 5.32 Å². The average molecular weight is 253 g/mol. The third-order valence-electron chi connectivity index (χ3n) is 5.18. The standard InChI is InChI=1S/C16H31NO/c1-3-15(17-2)8-7-14-9-12-18-16(13-14)10-5-4-6-11-16/h14-15,17H,3-13H2,1-2H3. The summed E-state index contributed by atoms with van der Waals surface area (Å²) in [5.41, 5.74) is 0.294. The lowest BCUT2D eigenvalue weighted by atomic mass is 9.75. The van der Waals surface area contributed by atoms with Crippen LogP contribution in [0.4, 0.5) is 0 Å². The maximum Gasteiger partial charge on any atom is 0.0685 e. The first kappa shape index (κ1) is 14.3. The first-order chi connectivity index (χ1) is 8.78. The van der Waals surface area contributed by atoms with Gasteiger partial charge in [-0.05, 0) is 57.9 Å². The average Bonchev–Trinajstić information content (AvgIpc) is 2.41. The summed E-state index contributed by atoms with van der Waals surface area (Å²) in [5.74, 6) is 0.916. The van der Waals surface area contributed by atoms with Crippen LogP contribution in [-0.4, -0.2) is 25.3 Å². The zero-order valence-corrected chi connectivity index (χ0v) is 12.3. The van der Waals surface area contributed by atoms with Crippen molar-refractivity contribution in [3.8, 4) is 0 Å². The first-order valence-electron chi connectivity index (χ1n) is 8.09. The molecule has 0 amide bonds. The summed E-state index contributed by atoms with van der Waals surface area (Å²) in [5, 5.41) is 3.43. The molecule has 2 atom stereocenters. The van der Waals surface area contributed by atoms with Crippen LogP contribution in [0, 0.1) is 5.92 Å². The molecule has 2 unspecified atom stereocenters. The summed E-state index contributed by atoms with van der Waals surface area (Å²) >= 11 is 0. The number of nitrogens with one attached hydrogen (secondary N) is 1. The Bertz CT molecular complexity index is 226. The molecule has 106 valence electrons. The van der Waals surface area contributed by atoms with E-state index < -0.39 is 0 Å². The van der Waals surface area contributed by atoms with Crippen molar-refractivity contribution in [2.24, 2.45) is 5.92 Å². The minimum absolute atomic E-state index is 0.294. The summed E-state index contributed by atoms with van der Waals surface area (Å²) in [6.07, 6.45) is 13.5. The van der Waals surface area contributed by atoms with Gasteiger partial charge in [-0.25, -0.2) is 0 Å². The molecule has 0 aromatic rings. The topological polar surface area (TPSA) is 21.3 Å². The molecular formula is C16H31NO. The minimum atomic E-state index is 0.294. The lowest BCUT2D eigenvalue weighted by molar-refractivity contribution is -0.118. The molecule has 0 bridgehead atoms. The molecule has 1 aliphatic heterocycles. The van der Waals surface area contributed by atoms with Gasteiger partial charge in [0.05, 0.1) is 5.60 Å². The van der Waals surface area contributed by atoms with E-state index in [1.807, 2.05) is 0 Å². The van der Waals surface area contributed by atoms with E-state index in [9.17, 15) is 0 Å². The van der Waals surface area contributed by atoms with E-state index in [0.29, 0.717) is 5.60 Å². The number of ether oxygens (including phenoxy) is 1. The van der Waals surface area contributed by atoms with Crippen molar-refractivity contribution in [1.29, 1.82) is 0 Å². The van der Waals surface area contributed by atoms with Crippen LogP contribution < -0.4 is 5.32 Å². The summed E-state index contributed by atoms with van der Waals surface area (Å²) in [7, 11) is 2.10. The van der Waals surface area contributed by atoms with Crippen LogP contribution in [0.3, 0.4) is 0 Å². The van der Waals surface area contributed by atoms with Gasteiger partial charge in [-0.2, -0.15) is 0 Å². The zero-order valence-electron chi connectivity index (χ0n) is 12.3. The molecule has 1 aliphatic carbocycles. The summed E-state index contributed by atoms with van der Waals surface area (Å²) in [4.78, 5) is 0. The van der Waals surface area contributed by atoms with E-state index in [4.69, 9.17) is 4.74 Å². The zero-order chi connectivity index (χ0) is 12.8. The van der Waals surface area contributed by atoms with Crippen molar-refractivity contribution < 1.29 is 4.74 Å². The van der Waals surface area contributed by atoms with Gasteiger partial charge in [0.15, 0.2) is 0 Å². The molecular weight excluding hydrogens is 222 g/mol. The number of hydrogen-bond acceptors (Lipinski definition) is 2. The third kappa shape index (κ3) is 3.71. The van der Waals surface area contributed by atoms with Gasteiger partial charge in [-0.15, -0.1) is 0 Å². The highest BCUT2D eigenvalue weighted by Gasteiger charge is 2.38. The lowest BCUT2D eigenvalue weighted by Gasteiger charge is -2.43. The fourth-order valence-corrected chi connectivity index (χ4v) is 3.91. The Kier molecular flexibility index (Phi) is 5.50. The minimum Gasteiger partial charge on any atom is -0.375 e. The van der Waals surface area contributed by atoms with Crippen molar-refractivity contribution >= 4 is 0 Å². The van der Waals surface area contributed by atoms with E-state index in [0.717, 1.165) is 18.6 Å². The quantitative estimate of drug-likeness (QED) is 0.802. The number of hydrogen-bond donors (Lipinski definition) is 1. The Hall–Kier alpha value is -0.0800. The second-order valence-electron chi connectivity index (χ2n) is 6.42. The molecule has 2 fully saturated rings. The maximum atomic E-state index is 6.18. The summed E-state index contributed by atoms with van der Waals surface area (Å²) in [6.45, 7) is 3.30. The Labute approximate surface area is 113 Å². The van der Waals surface area contributed by atoms with E-state index in [1.54, 1.807) is 0 Å². The van der Waals surface area contributed by atoms with E-state index in [1.165, 1.54) is 64.2 Å². The van der Waals surface area contributed by atoms with Gasteiger partial charge < -0.3 is 10.1 Å². The second-order valence-corrected chi connectivity index (χ2v) is 6.42. The fraction of sp³-hybridized carbons (Fsp3) is 1.00. The normalized spacial score (nSPS) is 29.3. The van der Waals surface area contributed by atoms with Crippen molar-refractivity contribution in [3.05, 3.63) is 0 Å². The predicted octanol–water partition coefficient (Wildman–Crippen LogP) is 3.89. The molecule has 18 heavy (non-hydrogen) atoms. The van der Waals surface area contributed by atoms with Gasteiger partial charge in [0, 0.05) is 12.6 Å². The Morgan fingerprint density at radius 3 is 2.72 bits per heavy atom. The van der Waals surface area contributed by atoms with E-state index in [-0.39, 0.29) is 0 Å². The molecule has 2 nitrogen and oxygen atoms in total. The maximum absolute atomic E-state index is 6.18. The van der Waals surface area contributed by atoms with E-state index >= 15 is 0 Å². The van der Waals surface area contributed by atoms with Crippen LogP contribution in [0.15, 0.2) is 0 Å². The van der Waals surface area contributed by atoms with Crippen LogP contribution in [0.2, 0.25) is 0 Å². The summed E-state index contributed by atoms with van der Waals surface area (Å²) in [6, 6.07) is 0.718. The summed E-state index contributed by atoms with van der Waals surface area (Å²) < 4.78 is 6.18. The fourth-order valence-electron chi connectivity index (χ4n) is 3.91. The van der Waals surface area contributed by atoms with Crippen molar-refractivity contribution in [3.63, 3.8) is 0 Å². The van der Waals surface area contributed by atoms with Gasteiger partial charge in [0.25, 0.3) is 0 Å². The van der Waals surface area contributed by atoms with Gasteiger partial charge in [-0.1, -0.05) is 26.2 Å². The third-order valence-corrected chi connectivity index (χ3v) is 5.18. The molecule has 2 heteroatoms. The van der Waals surface area contributed by atoms with Crippen LogP contribution in [0.25, 0.3) is 0 Å². The molecule has 0 radical (unpaired) electrons. The van der Waals surface area contributed by atoms with E-state index in [2.05, 4.69) is 19.3 Å². The van der Waals surface area contributed by atoms with Gasteiger partial charge in [0.2, 0.25) is 0 Å². The Balaban J connectivity index is 1.79. The van der Waals surface area contributed by atoms with Gasteiger partial charge >= 0.3 is 0 Å². The molecule has 1 spiro atoms. The molecule has 1 N–H and O–H groups in total. The van der Waals surface area contributed by atoms with Crippen molar-refractivity contribution in [2.45, 2.75) is 82.8 Å².